The lowest BCUT2D eigenvalue weighted by atomic mass is 9.71. The van der Waals surface area contributed by atoms with Crippen molar-refractivity contribution in [3.8, 4) is 11.5 Å². The van der Waals surface area contributed by atoms with Gasteiger partial charge >= 0.3 is 0 Å². The van der Waals surface area contributed by atoms with E-state index in [4.69, 9.17) is 9.47 Å². The SMILES string of the molecule is O=C1CC[C@H]2c3cc4c(cc3CN3C(=O)C[C@@H]1[C@@H]23)OCO4. The summed E-state index contributed by atoms with van der Waals surface area (Å²) >= 11 is 0. The third-order valence-electron chi connectivity index (χ3n) is 5.39. The number of hydrogen-bond acceptors (Lipinski definition) is 4. The standard InChI is InChI=1S/C16H15NO4/c18-12-2-1-9-10-4-14-13(20-7-21-14)3-8(10)6-17-15(19)5-11(12)16(9)17/h3-4,9,11,16H,1-2,5-7H2/t9-,11-,16+/m0/s1. The van der Waals surface area contributed by atoms with Crippen molar-refractivity contribution in [2.75, 3.05) is 6.79 Å². The highest BCUT2D eigenvalue weighted by Crippen LogP contribution is 2.50. The number of carbonyl (C=O) groups excluding carboxylic acids is 2. The van der Waals surface area contributed by atoms with E-state index in [0.717, 1.165) is 23.5 Å². The second kappa shape index (κ2) is 3.78. The Morgan fingerprint density at radius 2 is 1.90 bits per heavy atom. The molecule has 0 radical (unpaired) electrons. The van der Waals surface area contributed by atoms with Crippen molar-refractivity contribution in [2.24, 2.45) is 5.92 Å². The summed E-state index contributed by atoms with van der Waals surface area (Å²) in [4.78, 5) is 26.3. The van der Waals surface area contributed by atoms with Crippen molar-refractivity contribution in [1.82, 2.24) is 4.90 Å². The Labute approximate surface area is 121 Å². The van der Waals surface area contributed by atoms with Crippen molar-refractivity contribution < 1.29 is 19.1 Å². The van der Waals surface area contributed by atoms with Crippen LogP contribution in [0.5, 0.6) is 11.5 Å². The largest absolute Gasteiger partial charge is 0.454 e. The minimum Gasteiger partial charge on any atom is -0.454 e. The van der Waals surface area contributed by atoms with Crippen LogP contribution in [0, 0.1) is 5.92 Å². The molecule has 1 saturated carbocycles. The molecule has 5 heteroatoms. The summed E-state index contributed by atoms with van der Waals surface area (Å²) in [7, 11) is 0. The summed E-state index contributed by atoms with van der Waals surface area (Å²) in [6.07, 6.45) is 1.80. The molecule has 2 fully saturated rings. The maximum Gasteiger partial charge on any atom is 0.231 e. The number of rotatable bonds is 0. The number of amides is 1. The number of ether oxygens (including phenoxy) is 2. The molecule has 108 valence electrons. The maximum absolute atomic E-state index is 12.3. The van der Waals surface area contributed by atoms with E-state index in [9.17, 15) is 9.59 Å². The molecule has 4 aliphatic rings. The van der Waals surface area contributed by atoms with Gasteiger partial charge in [0.05, 0.1) is 0 Å². The molecule has 1 aliphatic carbocycles. The van der Waals surface area contributed by atoms with E-state index in [1.807, 2.05) is 11.0 Å². The fourth-order valence-electron chi connectivity index (χ4n) is 4.46. The van der Waals surface area contributed by atoms with Gasteiger partial charge in [0.25, 0.3) is 0 Å². The van der Waals surface area contributed by atoms with E-state index in [1.54, 1.807) is 0 Å². The molecule has 5 rings (SSSR count). The highest BCUT2D eigenvalue weighted by Gasteiger charge is 2.52. The molecule has 0 bridgehead atoms. The van der Waals surface area contributed by atoms with Gasteiger partial charge in [-0.05, 0) is 29.7 Å². The average molecular weight is 285 g/mol. The van der Waals surface area contributed by atoms with Gasteiger partial charge in [-0.25, -0.2) is 0 Å². The Morgan fingerprint density at radius 3 is 2.76 bits per heavy atom. The van der Waals surface area contributed by atoms with E-state index < -0.39 is 0 Å². The van der Waals surface area contributed by atoms with Gasteiger partial charge in [-0.1, -0.05) is 0 Å². The number of Topliss-reactive ketones (excluding diaryl/α,β-unsaturated/α-hetero) is 1. The predicted octanol–water partition coefficient (Wildman–Crippen LogP) is 1.59. The van der Waals surface area contributed by atoms with Crippen LogP contribution < -0.4 is 9.47 Å². The molecule has 21 heavy (non-hydrogen) atoms. The Kier molecular flexibility index (Phi) is 2.09. The number of nitrogens with zero attached hydrogens (tertiary/aromatic N) is 1. The third kappa shape index (κ3) is 1.41. The molecule has 0 aromatic heterocycles. The first-order valence-electron chi connectivity index (χ1n) is 7.47. The summed E-state index contributed by atoms with van der Waals surface area (Å²) in [6, 6.07) is 4.13. The van der Waals surface area contributed by atoms with Crippen molar-refractivity contribution in [3.63, 3.8) is 0 Å². The summed E-state index contributed by atoms with van der Waals surface area (Å²) < 4.78 is 10.9. The molecule has 1 amide bonds. The van der Waals surface area contributed by atoms with Crippen LogP contribution in [0.3, 0.4) is 0 Å². The van der Waals surface area contributed by atoms with Crippen LogP contribution in [0.1, 0.15) is 36.3 Å². The number of benzene rings is 1. The first-order valence-corrected chi connectivity index (χ1v) is 7.47. The Morgan fingerprint density at radius 1 is 1.10 bits per heavy atom. The van der Waals surface area contributed by atoms with E-state index in [0.29, 0.717) is 19.4 Å². The van der Waals surface area contributed by atoms with Crippen LogP contribution in [0.25, 0.3) is 0 Å². The Balaban J connectivity index is 1.66. The first-order chi connectivity index (χ1) is 10.2. The van der Waals surface area contributed by atoms with Gasteiger partial charge in [0.1, 0.15) is 5.78 Å². The average Bonchev–Trinajstić information content (AvgIpc) is 3.06. The second-order valence-electron chi connectivity index (χ2n) is 6.34. The molecular formula is C16H15NO4. The zero-order valence-corrected chi connectivity index (χ0v) is 11.5. The van der Waals surface area contributed by atoms with Gasteiger partial charge in [0.15, 0.2) is 11.5 Å². The molecule has 0 spiro atoms. The smallest absolute Gasteiger partial charge is 0.231 e. The van der Waals surface area contributed by atoms with Crippen LogP contribution in [0.4, 0.5) is 0 Å². The highest BCUT2D eigenvalue weighted by atomic mass is 16.7. The monoisotopic (exact) mass is 285 g/mol. The fraction of sp³-hybridized carbons (Fsp3) is 0.500. The molecule has 3 heterocycles. The Bertz CT molecular complexity index is 683. The van der Waals surface area contributed by atoms with Gasteiger partial charge in [-0.3, -0.25) is 9.59 Å². The van der Waals surface area contributed by atoms with Crippen LogP contribution >= 0.6 is 0 Å². The number of fused-ring (bicyclic) bond motifs is 3. The second-order valence-corrected chi connectivity index (χ2v) is 6.34. The molecule has 3 atom stereocenters. The van der Waals surface area contributed by atoms with E-state index in [2.05, 4.69) is 6.07 Å². The van der Waals surface area contributed by atoms with E-state index >= 15 is 0 Å². The number of carbonyl (C=O) groups is 2. The third-order valence-corrected chi connectivity index (χ3v) is 5.39. The van der Waals surface area contributed by atoms with Crippen molar-refractivity contribution >= 4 is 11.7 Å². The highest BCUT2D eigenvalue weighted by molar-refractivity contribution is 5.92. The fourth-order valence-corrected chi connectivity index (χ4v) is 4.46. The predicted molar refractivity (Wildman–Crippen MR) is 72.0 cm³/mol. The van der Waals surface area contributed by atoms with Crippen molar-refractivity contribution in [1.29, 1.82) is 0 Å². The first kappa shape index (κ1) is 11.6. The van der Waals surface area contributed by atoms with Gasteiger partial charge in [-0.15, -0.1) is 0 Å². The number of hydrogen-bond donors (Lipinski definition) is 0. The minimum absolute atomic E-state index is 0.0617. The zero-order chi connectivity index (χ0) is 14.1. The van der Waals surface area contributed by atoms with Crippen LogP contribution in [-0.4, -0.2) is 29.4 Å². The normalized spacial score (nSPS) is 32.2. The van der Waals surface area contributed by atoms with Gasteiger partial charge in [-0.2, -0.15) is 0 Å². The quantitative estimate of drug-likeness (QED) is 0.726. The van der Waals surface area contributed by atoms with Crippen molar-refractivity contribution in [3.05, 3.63) is 23.3 Å². The van der Waals surface area contributed by atoms with Crippen LogP contribution in [0.15, 0.2) is 12.1 Å². The molecule has 1 saturated heterocycles. The van der Waals surface area contributed by atoms with E-state index in [-0.39, 0.29) is 36.4 Å². The molecule has 0 N–H and O–H groups in total. The topological polar surface area (TPSA) is 55.8 Å². The minimum atomic E-state index is -0.102. The molecule has 1 aromatic carbocycles. The van der Waals surface area contributed by atoms with Crippen molar-refractivity contribution in [2.45, 2.75) is 37.8 Å². The molecule has 3 aliphatic heterocycles. The lowest BCUT2D eigenvalue weighted by Gasteiger charge is -2.43. The van der Waals surface area contributed by atoms with Gasteiger partial charge in [0.2, 0.25) is 12.7 Å². The lowest BCUT2D eigenvalue weighted by Crippen LogP contribution is -2.47. The Hall–Kier alpha value is -2.04. The zero-order valence-electron chi connectivity index (χ0n) is 11.5. The van der Waals surface area contributed by atoms with Crippen LogP contribution in [0.2, 0.25) is 0 Å². The summed E-state index contributed by atoms with van der Waals surface area (Å²) in [5, 5.41) is 0. The molecule has 0 unspecified atom stereocenters. The van der Waals surface area contributed by atoms with Gasteiger partial charge in [0, 0.05) is 37.3 Å². The maximum atomic E-state index is 12.3. The summed E-state index contributed by atoms with van der Waals surface area (Å²) in [6.45, 7) is 0.853. The summed E-state index contributed by atoms with van der Waals surface area (Å²) in [5.74, 6) is 2.10. The van der Waals surface area contributed by atoms with Crippen LogP contribution in [-0.2, 0) is 16.1 Å². The summed E-state index contributed by atoms with van der Waals surface area (Å²) in [5.41, 5.74) is 2.39. The lowest BCUT2D eigenvalue weighted by molar-refractivity contribution is -0.130. The number of ketones is 1. The van der Waals surface area contributed by atoms with E-state index in [1.165, 1.54) is 5.56 Å². The molecular weight excluding hydrogens is 270 g/mol. The van der Waals surface area contributed by atoms with Gasteiger partial charge < -0.3 is 14.4 Å². The molecule has 1 aromatic rings. The molecule has 5 nitrogen and oxygen atoms in total.